The molecule has 3 amide bonds. The van der Waals surface area contributed by atoms with Crippen molar-refractivity contribution >= 4 is 40.9 Å². The third-order valence-electron chi connectivity index (χ3n) is 8.04. The second-order valence-electron chi connectivity index (χ2n) is 9.83. The molecule has 0 radical (unpaired) electrons. The molecule has 7 rings (SSSR count). The van der Waals surface area contributed by atoms with Crippen LogP contribution in [0.2, 0.25) is 0 Å². The number of hydrogen-bond acceptors (Lipinski definition) is 3. The monoisotopic (exact) mass is 518 g/mol. The Morgan fingerprint density at radius 3 is 1.56 bits per heavy atom. The number of halogens is 2. The summed E-state index contributed by atoms with van der Waals surface area (Å²) in [6, 6.07) is 23.2. The normalized spacial score (nSPS) is 29.3. The number of nitrogens with zero attached hydrogens (tertiary/aromatic N) is 1. The topological polar surface area (TPSA) is 66.5 Å². The highest BCUT2D eigenvalue weighted by molar-refractivity contribution is 6.36. The van der Waals surface area contributed by atoms with E-state index in [1.807, 2.05) is 85.8 Å². The number of likely N-dealkylation sites (tertiary alicyclic amines) is 1. The number of hydrogen-bond donors (Lipinski definition) is 1. The summed E-state index contributed by atoms with van der Waals surface area (Å²) in [5, 5.41) is 2.94. The molecule has 1 saturated heterocycles. The van der Waals surface area contributed by atoms with Crippen LogP contribution in [0.3, 0.4) is 0 Å². The molecular formula is C29H24Cl2N2O3. The number of carbonyl (C=O) groups excluding carboxylic acids is 3. The van der Waals surface area contributed by atoms with Gasteiger partial charge in [0.1, 0.15) is 15.8 Å². The molecular weight excluding hydrogens is 495 g/mol. The molecule has 0 spiro atoms. The smallest absolute Gasteiger partial charge is 0.243 e. The SMILES string of the molecule is C[C@H](NC(=O)[C@@H](C)N1C(=O)[C@@H]2[C@H](C1=O)C1(Cl)c3ccccc3C2(Cl)c2ccccc21)c1ccccc1. The molecule has 1 heterocycles. The lowest BCUT2D eigenvalue weighted by Gasteiger charge is -2.54. The van der Waals surface area contributed by atoms with Crippen LogP contribution in [0.1, 0.15) is 47.7 Å². The summed E-state index contributed by atoms with van der Waals surface area (Å²) in [4.78, 5) is 39.8. The molecule has 1 aliphatic heterocycles. The zero-order chi connectivity index (χ0) is 25.4. The van der Waals surface area contributed by atoms with E-state index in [1.165, 1.54) is 0 Å². The molecule has 2 bridgehead atoms. The average molecular weight is 519 g/mol. The van der Waals surface area contributed by atoms with Crippen LogP contribution in [0.4, 0.5) is 0 Å². The maximum atomic E-state index is 14.0. The van der Waals surface area contributed by atoms with Gasteiger partial charge in [0.05, 0.1) is 17.9 Å². The molecule has 0 saturated carbocycles. The second kappa shape index (κ2) is 7.92. The van der Waals surface area contributed by atoms with Gasteiger partial charge in [-0.25, -0.2) is 0 Å². The van der Waals surface area contributed by atoms with Crippen molar-refractivity contribution in [3.05, 3.63) is 107 Å². The van der Waals surface area contributed by atoms with Gasteiger partial charge in [-0.1, -0.05) is 78.9 Å². The summed E-state index contributed by atoms with van der Waals surface area (Å²) in [6.07, 6.45) is 0. The number of nitrogens with one attached hydrogen (secondary N) is 1. The highest BCUT2D eigenvalue weighted by Gasteiger charge is 2.73. The van der Waals surface area contributed by atoms with Crippen molar-refractivity contribution in [1.29, 1.82) is 0 Å². The van der Waals surface area contributed by atoms with Crippen molar-refractivity contribution in [3.8, 4) is 0 Å². The molecule has 7 heteroatoms. The van der Waals surface area contributed by atoms with Crippen molar-refractivity contribution in [3.63, 3.8) is 0 Å². The number of amides is 3. The van der Waals surface area contributed by atoms with Gasteiger partial charge in [0.2, 0.25) is 17.7 Å². The highest BCUT2D eigenvalue weighted by Crippen LogP contribution is 2.69. The van der Waals surface area contributed by atoms with Gasteiger partial charge < -0.3 is 5.32 Å². The minimum absolute atomic E-state index is 0.292. The fourth-order valence-electron chi connectivity index (χ4n) is 6.35. The molecule has 36 heavy (non-hydrogen) atoms. The first-order chi connectivity index (χ1) is 17.2. The van der Waals surface area contributed by atoms with Gasteiger partial charge in [-0.3, -0.25) is 19.3 Å². The zero-order valence-corrected chi connectivity index (χ0v) is 21.3. The fourth-order valence-corrected chi connectivity index (χ4v) is 7.44. The van der Waals surface area contributed by atoms with Crippen molar-refractivity contribution < 1.29 is 14.4 Å². The maximum Gasteiger partial charge on any atom is 0.243 e. The predicted molar refractivity (Wildman–Crippen MR) is 137 cm³/mol. The van der Waals surface area contributed by atoms with Crippen LogP contribution in [0.5, 0.6) is 0 Å². The summed E-state index contributed by atoms with van der Waals surface area (Å²) in [5.74, 6) is -3.19. The third-order valence-corrected chi connectivity index (χ3v) is 9.33. The minimum atomic E-state index is -1.26. The van der Waals surface area contributed by atoms with E-state index < -0.39 is 45.3 Å². The molecule has 3 aliphatic carbocycles. The Hall–Kier alpha value is -3.15. The van der Waals surface area contributed by atoms with Crippen LogP contribution in [0.15, 0.2) is 78.9 Å². The lowest BCUT2D eigenvalue weighted by molar-refractivity contribution is -0.147. The molecule has 5 nitrogen and oxygen atoms in total. The minimum Gasteiger partial charge on any atom is -0.348 e. The number of rotatable bonds is 4. The lowest BCUT2D eigenvalue weighted by atomic mass is 9.54. The first-order valence-electron chi connectivity index (χ1n) is 12.0. The average Bonchev–Trinajstić information content (AvgIpc) is 3.18. The first-order valence-corrected chi connectivity index (χ1v) is 12.8. The molecule has 4 atom stereocenters. The number of imide groups is 1. The van der Waals surface area contributed by atoms with Crippen molar-refractivity contribution in [1.82, 2.24) is 10.2 Å². The molecule has 1 fully saturated rings. The van der Waals surface area contributed by atoms with Crippen LogP contribution < -0.4 is 5.32 Å². The van der Waals surface area contributed by atoms with Crippen LogP contribution in [0, 0.1) is 11.8 Å². The number of alkyl halides is 2. The van der Waals surface area contributed by atoms with E-state index in [4.69, 9.17) is 23.2 Å². The van der Waals surface area contributed by atoms with E-state index in [0.717, 1.165) is 32.7 Å². The molecule has 182 valence electrons. The number of benzene rings is 3. The summed E-state index contributed by atoms with van der Waals surface area (Å²) in [7, 11) is 0. The van der Waals surface area contributed by atoms with Crippen LogP contribution in [-0.2, 0) is 24.1 Å². The van der Waals surface area contributed by atoms with Gasteiger partial charge in [0.15, 0.2) is 0 Å². The van der Waals surface area contributed by atoms with Crippen LogP contribution in [-0.4, -0.2) is 28.7 Å². The predicted octanol–water partition coefficient (Wildman–Crippen LogP) is 4.85. The quantitative estimate of drug-likeness (QED) is 0.396. The van der Waals surface area contributed by atoms with Crippen LogP contribution >= 0.6 is 23.2 Å². The van der Waals surface area contributed by atoms with Gasteiger partial charge in [-0.2, -0.15) is 0 Å². The van der Waals surface area contributed by atoms with E-state index in [0.29, 0.717) is 0 Å². The van der Waals surface area contributed by atoms with Crippen molar-refractivity contribution in [2.75, 3.05) is 0 Å². The molecule has 3 aromatic carbocycles. The van der Waals surface area contributed by atoms with E-state index in [9.17, 15) is 14.4 Å². The molecule has 3 aromatic rings. The Morgan fingerprint density at radius 2 is 1.14 bits per heavy atom. The van der Waals surface area contributed by atoms with Crippen molar-refractivity contribution in [2.45, 2.75) is 35.7 Å². The lowest BCUT2D eigenvalue weighted by Crippen LogP contribution is -2.57. The third kappa shape index (κ3) is 2.81. The molecule has 4 aliphatic rings. The summed E-state index contributed by atoms with van der Waals surface area (Å²) in [5.41, 5.74) is 3.87. The Balaban J connectivity index is 1.41. The van der Waals surface area contributed by atoms with E-state index >= 15 is 0 Å². The first kappa shape index (κ1) is 23.3. The fraction of sp³-hybridized carbons (Fsp3) is 0.276. The van der Waals surface area contributed by atoms with Gasteiger partial charge in [-0.15, -0.1) is 23.2 Å². The second-order valence-corrected chi connectivity index (χ2v) is 11.0. The molecule has 0 aromatic heterocycles. The molecule has 0 unspecified atom stereocenters. The maximum absolute atomic E-state index is 14.0. The van der Waals surface area contributed by atoms with Crippen molar-refractivity contribution in [2.24, 2.45) is 11.8 Å². The van der Waals surface area contributed by atoms with E-state index in [2.05, 4.69) is 5.32 Å². The number of carbonyl (C=O) groups is 3. The Morgan fingerprint density at radius 1 is 0.750 bits per heavy atom. The highest BCUT2D eigenvalue weighted by atomic mass is 35.5. The standard InChI is InChI=1S/C29H24Cl2N2O3/c1-16(18-10-4-3-5-11-18)32-25(34)17(2)33-26(35)23-24(27(33)36)29(31)20-13-7-6-12-19(20)28(23,30)21-14-8-9-15-22(21)29/h3-17,23-24H,1-2H3,(H,32,34)/t16-,17+,23-,24+,28?,29?/m0/s1. The van der Waals surface area contributed by atoms with E-state index in [-0.39, 0.29) is 6.04 Å². The van der Waals surface area contributed by atoms with Crippen LogP contribution in [0.25, 0.3) is 0 Å². The summed E-state index contributed by atoms with van der Waals surface area (Å²) in [6.45, 7) is 3.44. The van der Waals surface area contributed by atoms with Gasteiger partial charge in [0, 0.05) is 0 Å². The van der Waals surface area contributed by atoms with Gasteiger partial charge >= 0.3 is 0 Å². The largest absolute Gasteiger partial charge is 0.348 e. The Kier molecular flexibility index (Phi) is 5.12. The zero-order valence-electron chi connectivity index (χ0n) is 19.7. The molecule has 1 N–H and O–H groups in total. The van der Waals surface area contributed by atoms with Gasteiger partial charge in [-0.05, 0) is 41.7 Å². The summed E-state index contributed by atoms with van der Waals surface area (Å²) >= 11 is 14.9. The Bertz CT molecular complexity index is 1300. The van der Waals surface area contributed by atoms with Gasteiger partial charge in [0.25, 0.3) is 0 Å². The summed E-state index contributed by atoms with van der Waals surface area (Å²) < 4.78 is 0. The van der Waals surface area contributed by atoms with E-state index in [1.54, 1.807) is 6.92 Å². The Labute approximate surface area is 219 Å².